The van der Waals surface area contributed by atoms with Gasteiger partial charge in [-0.25, -0.2) is 0 Å². The zero-order valence-electron chi connectivity index (χ0n) is 17.1. The Morgan fingerprint density at radius 1 is 1.17 bits per heavy atom. The Hall–Kier alpha value is -2.79. The van der Waals surface area contributed by atoms with Gasteiger partial charge in [0.2, 0.25) is 5.91 Å². The first-order valence-corrected chi connectivity index (χ1v) is 10.8. The van der Waals surface area contributed by atoms with Gasteiger partial charge in [-0.3, -0.25) is 4.79 Å². The van der Waals surface area contributed by atoms with Crippen LogP contribution in [0.1, 0.15) is 27.1 Å². The van der Waals surface area contributed by atoms with E-state index in [0.717, 1.165) is 47.6 Å². The predicted molar refractivity (Wildman–Crippen MR) is 120 cm³/mol. The number of thiophene rings is 1. The Morgan fingerprint density at radius 3 is 2.72 bits per heavy atom. The maximum atomic E-state index is 12.6. The maximum absolute atomic E-state index is 12.6. The first kappa shape index (κ1) is 19.5. The largest absolute Gasteiger partial charge is 0.497 e. The summed E-state index contributed by atoms with van der Waals surface area (Å²) in [5.41, 5.74) is 6.70. The van der Waals surface area contributed by atoms with Crippen LogP contribution >= 0.6 is 11.3 Å². The summed E-state index contributed by atoms with van der Waals surface area (Å²) in [4.78, 5) is 16.6. The van der Waals surface area contributed by atoms with Crippen LogP contribution in [0.3, 0.4) is 0 Å². The molecule has 1 amide bonds. The molecular formula is C24H26N2O2S. The van der Waals surface area contributed by atoms with E-state index in [-0.39, 0.29) is 5.91 Å². The van der Waals surface area contributed by atoms with Gasteiger partial charge in [-0.15, -0.1) is 11.3 Å². The standard InChI is InChI=1S/C24H26N2O2S/c1-16-11-20(26-9-7-22-19(15-26)8-10-29-22)12-17(2)24(16)25-23(27)14-18-5-4-6-21(13-18)28-3/h4-6,8,10-13H,7,9,14-15H2,1-3H3,(H,25,27). The first-order valence-electron chi connectivity index (χ1n) is 9.87. The molecule has 0 atom stereocenters. The van der Waals surface area contributed by atoms with Crippen molar-refractivity contribution < 1.29 is 9.53 Å². The van der Waals surface area contributed by atoms with E-state index in [9.17, 15) is 4.79 Å². The van der Waals surface area contributed by atoms with Crippen molar-refractivity contribution >= 4 is 28.6 Å². The second kappa shape index (κ2) is 8.29. The lowest BCUT2D eigenvalue weighted by molar-refractivity contribution is -0.115. The molecule has 1 aliphatic heterocycles. The molecule has 2 aromatic carbocycles. The van der Waals surface area contributed by atoms with Crippen molar-refractivity contribution in [1.29, 1.82) is 0 Å². The van der Waals surface area contributed by atoms with Crippen LogP contribution in [0.15, 0.2) is 47.8 Å². The van der Waals surface area contributed by atoms with Crippen molar-refractivity contribution in [1.82, 2.24) is 0 Å². The lowest BCUT2D eigenvalue weighted by Gasteiger charge is -2.30. The molecule has 150 valence electrons. The van der Waals surface area contributed by atoms with Gasteiger partial charge in [-0.05, 0) is 78.2 Å². The molecule has 4 nitrogen and oxygen atoms in total. The molecule has 0 unspecified atom stereocenters. The summed E-state index contributed by atoms with van der Waals surface area (Å²) in [6, 6.07) is 14.2. The van der Waals surface area contributed by atoms with Gasteiger partial charge in [-0.1, -0.05) is 12.1 Å². The molecule has 0 fully saturated rings. The zero-order valence-corrected chi connectivity index (χ0v) is 17.9. The van der Waals surface area contributed by atoms with Gasteiger partial charge in [0.15, 0.2) is 0 Å². The molecular weight excluding hydrogens is 380 g/mol. The van der Waals surface area contributed by atoms with Gasteiger partial charge < -0.3 is 15.0 Å². The number of rotatable bonds is 5. The third-order valence-corrected chi connectivity index (χ3v) is 6.48. The Bertz CT molecular complexity index is 1020. The van der Waals surface area contributed by atoms with Crippen LogP contribution in [-0.2, 0) is 24.2 Å². The van der Waals surface area contributed by atoms with E-state index in [1.54, 1.807) is 7.11 Å². The van der Waals surface area contributed by atoms with Crippen LogP contribution in [0.5, 0.6) is 5.75 Å². The SMILES string of the molecule is COc1cccc(CC(=O)Nc2c(C)cc(N3CCc4sccc4C3)cc2C)c1. The highest BCUT2D eigenvalue weighted by molar-refractivity contribution is 7.10. The summed E-state index contributed by atoms with van der Waals surface area (Å²) >= 11 is 1.86. The molecule has 0 saturated heterocycles. The van der Waals surface area contributed by atoms with E-state index >= 15 is 0 Å². The van der Waals surface area contributed by atoms with Crippen molar-refractivity contribution in [3.8, 4) is 5.75 Å². The first-order chi connectivity index (χ1) is 14.0. The number of fused-ring (bicyclic) bond motifs is 1. The second-order valence-electron chi connectivity index (χ2n) is 7.57. The quantitative estimate of drug-likeness (QED) is 0.640. The summed E-state index contributed by atoms with van der Waals surface area (Å²) in [5.74, 6) is 0.750. The minimum absolute atomic E-state index is 0.0157. The van der Waals surface area contributed by atoms with E-state index in [0.29, 0.717) is 6.42 Å². The van der Waals surface area contributed by atoms with E-state index in [1.807, 2.05) is 35.6 Å². The van der Waals surface area contributed by atoms with Crippen LogP contribution in [0.25, 0.3) is 0 Å². The number of hydrogen-bond donors (Lipinski definition) is 1. The molecule has 1 N–H and O–H groups in total. The van der Waals surface area contributed by atoms with Crippen molar-refractivity contribution in [2.45, 2.75) is 33.2 Å². The van der Waals surface area contributed by atoms with Crippen LogP contribution in [0.2, 0.25) is 0 Å². The van der Waals surface area contributed by atoms with Crippen molar-refractivity contribution in [2.24, 2.45) is 0 Å². The van der Waals surface area contributed by atoms with Gasteiger partial charge in [0.25, 0.3) is 0 Å². The number of benzene rings is 2. The van der Waals surface area contributed by atoms with Crippen molar-refractivity contribution in [3.05, 3.63) is 75.0 Å². The molecule has 0 spiro atoms. The predicted octanol–water partition coefficient (Wildman–Crippen LogP) is 5.12. The van der Waals surface area contributed by atoms with Gasteiger partial charge >= 0.3 is 0 Å². The number of carbonyl (C=O) groups excluding carboxylic acids is 1. The molecule has 4 rings (SSSR count). The van der Waals surface area contributed by atoms with E-state index in [2.05, 4.69) is 47.6 Å². The number of nitrogens with zero attached hydrogens (tertiary/aromatic N) is 1. The zero-order chi connectivity index (χ0) is 20.4. The third-order valence-electron chi connectivity index (χ3n) is 5.45. The van der Waals surface area contributed by atoms with Gasteiger partial charge in [-0.2, -0.15) is 0 Å². The average Bonchev–Trinajstić information content (AvgIpc) is 3.18. The molecule has 0 aliphatic carbocycles. The monoisotopic (exact) mass is 406 g/mol. The highest BCUT2D eigenvalue weighted by Crippen LogP contribution is 2.32. The Kier molecular flexibility index (Phi) is 5.58. The fourth-order valence-electron chi connectivity index (χ4n) is 3.94. The molecule has 1 aliphatic rings. The van der Waals surface area contributed by atoms with Crippen LogP contribution in [-0.4, -0.2) is 19.6 Å². The number of aryl methyl sites for hydroxylation is 2. The number of hydrogen-bond acceptors (Lipinski definition) is 4. The van der Waals surface area contributed by atoms with Gasteiger partial charge in [0.1, 0.15) is 5.75 Å². The number of nitrogens with one attached hydrogen (secondary N) is 1. The average molecular weight is 407 g/mol. The van der Waals surface area contributed by atoms with E-state index in [4.69, 9.17) is 4.74 Å². The number of ether oxygens (including phenoxy) is 1. The summed E-state index contributed by atoms with van der Waals surface area (Å²) < 4.78 is 5.24. The molecule has 3 aromatic rings. The lowest BCUT2D eigenvalue weighted by Crippen LogP contribution is -2.29. The number of anilines is 2. The second-order valence-corrected chi connectivity index (χ2v) is 8.57. The number of amides is 1. The maximum Gasteiger partial charge on any atom is 0.228 e. The fourth-order valence-corrected chi connectivity index (χ4v) is 4.83. The van der Waals surface area contributed by atoms with E-state index < -0.39 is 0 Å². The Morgan fingerprint density at radius 2 is 1.97 bits per heavy atom. The molecule has 1 aromatic heterocycles. The number of carbonyl (C=O) groups is 1. The van der Waals surface area contributed by atoms with Crippen molar-refractivity contribution in [2.75, 3.05) is 23.9 Å². The van der Waals surface area contributed by atoms with Gasteiger partial charge in [0, 0.05) is 29.3 Å². The summed E-state index contributed by atoms with van der Waals surface area (Å²) in [5, 5.41) is 5.30. The van der Waals surface area contributed by atoms with Crippen LogP contribution in [0, 0.1) is 13.8 Å². The normalized spacial score (nSPS) is 13.1. The molecule has 5 heteroatoms. The Balaban J connectivity index is 1.48. The third kappa shape index (κ3) is 4.30. The molecule has 0 bridgehead atoms. The fraction of sp³-hybridized carbons (Fsp3) is 0.292. The smallest absolute Gasteiger partial charge is 0.228 e. The summed E-state index contributed by atoms with van der Waals surface area (Å²) in [6.45, 7) is 6.13. The molecule has 0 saturated carbocycles. The van der Waals surface area contributed by atoms with E-state index in [1.165, 1.54) is 16.1 Å². The van der Waals surface area contributed by atoms with Crippen LogP contribution < -0.4 is 15.0 Å². The van der Waals surface area contributed by atoms with Crippen LogP contribution in [0.4, 0.5) is 11.4 Å². The molecule has 29 heavy (non-hydrogen) atoms. The molecule has 0 radical (unpaired) electrons. The summed E-state index contributed by atoms with van der Waals surface area (Å²) in [7, 11) is 1.63. The number of methoxy groups -OCH3 is 1. The highest BCUT2D eigenvalue weighted by atomic mass is 32.1. The minimum Gasteiger partial charge on any atom is -0.497 e. The minimum atomic E-state index is -0.0157. The lowest BCUT2D eigenvalue weighted by atomic mass is 10.0. The topological polar surface area (TPSA) is 41.6 Å². The highest BCUT2D eigenvalue weighted by Gasteiger charge is 2.19. The van der Waals surface area contributed by atoms with Crippen molar-refractivity contribution in [3.63, 3.8) is 0 Å². The van der Waals surface area contributed by atoms with Gasteiger partial charge in [0.05, 0.1) is 13.5 Å². The summed E-state index contributed by atoms with van der Waals surface area (Å²) in [6.07, 6.45) is 1.43. The molecule has 2 heterocycles. The Labute approximate surface area is 176 Å².